The molecule has 2 N–H and O–H groups in total. The van der Waals surface area contributed by atoms with Gasteiger partial charge in [-0.2, -0.15) is 0 Å². The number of amides is 2. The van der Waals surface area contributed by atoms with E-state index in [-0.39, 0.29) is 6.03 Å². The molecule has 0 saturated heterocycles. The molecule has 29 heavy (non-hydrogen) atoms. The first-order valence-corrected chi connectivity index (χ1v) is 10.3. The molecule has 0 atom stereocenters. The minimum atomic E-state index is -0.196. The molecule has 0 unspecified atom stereocenters. The zero-order valence-electron chi connectivity index (χ0n) is 17.0. The van der Waals surface area contributed by atoms with Gasteiger partial charge in [-0.1, -0.05) is 29.8 Å². The van der Waals surface area contributed by atoms with Gasteiger partial charge in [0.1, 0.15) is 5.75 Å². The fourth-order valence-corrected chi connectivity index (χ4v) is 2.84. The van der Waals surface area contributed by atoms with Crippen LogP contribution in [0.5, 0.6) is 17.2 Å². The normalized spacial score (nSPS) is 10.3. The van der Waals surface area contributed by atoms with E-state index in [0.717, 1.165) is 17.1 Å². The van der Waals surface area contributed by atoms with Crippen molar-refractivity contribution in [3.8, 4) is 17.2 Å². The van der Waals surface area contributed by atoms with Gasteiger partial charge in [0.25, 0.3) is 0 Å². The average Bonchev–Trinajstić information content (AvgIpc) is 2.71. The van der Waals surface area contributed by atoms with Crippen LogP contribution in [0.2, 0.25) is 5.02 Å². The van der Waals surface area contributed by atoms with Crippen LogP contribution in [0.1, 0.15) is 25.8 Å². The van der Waals surface area contributed by atoms with E-state index < -0.39 is 0 Å². The lowest BCUT2D eigenvalue weighted by Gasteiger charge is -2.13. The van der Waals surface area contributed by atoms with E-state index >= 15 is 0 Å². The van der Waals surface area contributed by atoms with Gasteiger partial charge >= 0.3 is 6.03 Å². The Hall–Kier alpha value is -2.60. The van der Waals surface area contributed by atoms with E-state index in [4.69, 9.17) is 25.8 Å². The highest BCUT2D eigenvalue weighted by Gasteiger charge is 2.07. The molecular formula is C22H29ClN2O4. The molecule has 0 spiro atoms. The second kappa shape index (κ2) is 12.8. The first kappa shape index (κ1) is 22.7. The topological polar surface area (TPSA) is 68.8 Å². The zero-order valence-corrected chi connectivity index (χ0v) is 17.8. The molecule has 2 rings (SSSR count). The Bertz CT molecular complexity index is 770. The summed E-state index contributed by atoms with van der Waals surface area (Å²) in [4.78, 5) is 11.9. The number of nitrogens with one attached hydrogen (secondary N) is 2. The molecular weight excluding hydrogens is 392 g/mol. The van der Waals surface area contributed by atoms with E-state index in [2.05, 4.69) is 10.6 Å². The van der Waals surface area contributed by atoms with Crippen molar-refractivity contribution in [1.82, 2.24) is 10.6 Å². The van der Waals surface area contributed by atoms with Crippen LogP contribution < -0.4 is 24.8 Å². The number of carbonyl (C=O) groups excluding carboxylic acids is 1. The van der Waals surface area contributed by atoms with Crippen molar-refractivity contribution >= 4 is 17.6 Å². The van der Waals surface area contributed by atoms with E-state index in [1.165, 1.54) is 0 Å². The van der Waals surface area contributed by atoms with Crippen LogP contribution in [0.15, 0.2) is 42.5 Å². The van der Waals surface area contributed by atoms with Crippen LogP contribution in [0.4, 0.5) is 4.79 Å². The van der Waals surface area contributed by atoms with E-state index in [1.54, 1.807) is 6.07 Å². The van der Waals surface area contributed by atoms with Crippen molar-refractivity contribution in [1.29, 1.82) is 0 Å². The summed E-state index contributed by atoms with van der Waals surface area (Å²) in [7, 11) is 0. The molecule has 0 fully saturated rings. The predicted octanol–water partition coefficient (Wildman–Crippen LogP) is 4.45. The maximum atomic E-state index is 11.9. The average molecular weight is 421 g/mol. The second-order valence-electron chi connectivity index (χ2n) is 6.21. The standard InChI is InChI=1S/C22H29ClN2O4/c1-3-27-20-11-10-17(16-21(20)28-4-2)12-14-25-22(26)24-13-7-15-29-19-9-6-5-8-18(19)23/h5-6,8-11,16H,3-4,7,12-15H2,1-2H3,(H2,24,25,26). The van der Waals surface area contributed by atoms with Crippen LogP contribution in [0, 0.1) is 0 Å². The Labute approximate surface area is 177 Å². The van der Waals surface area contributed by atoms with Gasteiger partial charge < -0.3 is 24.8 Å². The SMILES string of the molecule is CCOc1ccc(CCNC(=O)NCCCOc2ccccc2Cl)cc1OCC. The Kier molecular flexibility index (Phi) is 10.00. The van der Waals surface area contributed by atoms with Gasteiger partial charge in [0.15, 0.2) is 11.5 Å². The van der Waals surface area contributed by atoms with Crippen molar-refractivity contribution in [3.63, 3.8) is 0 Å². The Morgan fingerprint density at radius 3 is 2.38 bits per heavy atom. The predicted molar refractivity (Wildman–Crippen MR) is 115 cm³/mol. The lowest BCUT2D eigenvalue weighted by molar-refractivity contribution is 0.239. The summed E-state index contributed by atoms with van der Waals surface area (Å²) in [6.45, 7) is 6.57. The molecule has 0 saturated carbocycles. The molecule has 158 valence electrons. The maximum absolute atomic E-state index is 11.9. The first-order chi connectivity index (χ1) is 14.1. The van der Waals surface area contributed by atoms with Gasteiger partial charge in [-0.05, 0) is 56.5 Å². The number of benzene rings is 2. The lowest BCUT2D eigenvalue weighted by atomic mass is 10.1. The molecule has 6 nitrogen and oxygen atoms in total. The Balaban J connectivity index is 1.64. The molecule has 0 aromatic heterocycles. The summed E-state index contributed by atoms with van der Waals surface area (Å²) in [6, 6.07) is 13.0. The van der Waals surface area contributed by atoms with Crippen LogP contribution in [-0.2, 0) is 6.42 Å². The number of urea groups is 1. The largest absolute Gasteiger partial charge is 0.492 e. The number of halogens is 1. The van der Waals surface area contributed by atoms with Crippen LogP contribution in [-0.4, -0.2) is 38.9 Å². The number of rotatable bonds is 12. The van der Waals surface area contributed by atoms with Gasteiger partial charge in [-0.3, -0.25) is 0 Å². The Morgan fingerprint density at radius 2 is 1.62 bits per heavy atom. The summed E-state index contributed by atoms with van der Waals surface area (Å²) < 4.78 is 16.8. The third-order valence-electron chi connectivity index (χ3n) is 4.01. The maximum Gasteiger partial charge on any atom is 0.314 e. The molecule has 7 heteroatoms. The third kappa shape index (κ3) is 8.11. The lowest BCUT2D eigenvalue weighted by Crippen LogP contribution is -2.37. The monoisotopic (exact) mass is 420 g/mol. The number of ether oxygens (including phenoxy) is 3. The van der Waals surface area contributed by atoms with E-state index in [9.17, 15) is 4.79 Å². The van der Waals surface area contributed by atoms with Crippen molar-refractivity contribution in [2.75, 3.05) is 32.9 Å². The molecule has 0 bridgehead atoms. The third-order valence-corrected chi connectivity index (χ3v) is 4.32. The molecule has 0 aliphatic heterocycles. The summed E-state index contributed by atoms with van der Waals surface area (Å²) in [5, 5.41) is 6.26. The summed E-state index contributed by atoms with van der Waals surface area (Å²) in [6.07, 6.45) is 1.39. The number of para-hydroxylation sites is 1. The first-order valence-electron chi connectivity index (χ1n) is 9.91. The van der Waals surface area contributed by atoms with E-state index in [0.29, 0.717) is 56.5 Å². The summed E-state index contributed by atoms with van der Waals surface area (Å²) in [5.74, 6) is 2.12. The molecule has 0 aliphatic carbocycles. The van der Waals surface area contributed by atoms with Gasteiger partial charge in [0.05, 0.1) is 24.8 Å². The van der Waals surface area contributed by atoms with E-state index in [1.807, 2.05) is 50.2 Å². The summed E-state index contributed by atoms with van der Waals surface area (Å²) in [5.41, 5.74) is 1.07. The molecule has 2 aromatic carbocycles. The fourth-order valence-electron chi connectivity index (χ4n) is 2.65. The number of carbonyl (C=O) groups is 1. The van der Waals surface area contributed by atoms with Gasteiger partial charge in [0, 0.05) is 13.1 Å². The molecule has 0 radical (unpaired) electrons. The minimum absolute atomic E-state index is 0.196. The van der Waals surface area contributed by atoms with Crippen molar-refractivity contribution < 1.29 is 19.0 Å². The minimum Gasteiger partial charge on any atom is -0.492 e. The molecule has 2 aromatic rings. The molecule has 0 heterocycles. The van der Waals surface area contributed by atoms with Crippen LogP contribution in [0.25, 0.3) is 0 Å². The fraction of sp³-hybridized carbons (Fsp3) is 0.409. The second-order valence-corrected chi connectivity index (χ2v) is 6.62. The Morgan fingerprint density at radius 1 is 0.897 bits per heavy atom. The zero-order chi connectivity index (χ0) is 20.9. The molecule has 0 aliphatic rings. The van der Waals surface area contributed by atoms with Crippen LogP contribution >= 0.6 is 11.6 Å². The van der Waals surface area contributed by atoms with Crippen LogP contribution in [0.3, 0.4) is 0 Å². The number of hydrogen-bond acceptors (Lipinski definition) is 4. The van der Waals surface area contributed by atoms with Gasteiger partial charge in [-0.25, -0.2) is 4.79 Å². The van der Waals surface area contributed by atoms with Gasteiger partial charge in [-0.15, -0.1) is 0 Å². The highest BCUT2D eigenvalue weighted by molar-refractivity contribution is 6.32. The van der Waals surface area contributed by atoms with Crippen molar-refractivity contribution in [2.24, 2.45) is 0 Å². The smallest absolute Gasteiger partial charge is 0.314 e. The highest BCUT2D eigenvalue weighted by Crippen LogP contribution is 2.28. The molecule has 2 amide bonds. The van der Waals surface area contributed by atoms with Gasteiger partial charge in [0.2, 0.25) is 0 Å². The highest BCUT2D eigenvalue weighted by atomic mass is 35.5. The number of hydrogen-bond donors (Lipinski definition) is 2. The quantitative estimate of drug-likeness (QED) is 0.498. The van der Waals surface area contributed by atoms with Crippen molar-refractivity contribution in [2.45, 2.75) is 26.7 Å². The summed E-state index contributed by atoms with van der Waals surface area (Å²) >= 11 is 6.03. The van der Waals surface area contributed by atoms with Crippen molar-refractivity contribution in [3.05, 3.63) is 53.1 Å².